The topological polar surface area (TPSA) is 40.6 Å². The Bertz CT molecular complexity index is 544. The molecule has 126 valence electrons. The molecule has 1 aromatic rings. The highest BCUT2D eigenvalue weighted by atomic mass is 32.2. The van der Waals surface area contributed by atoms with Crippen molar-refractivity contribution >= 4 is 23.6 Å². The van der Waals surface area contributed by atoms with Crippen molar-refractivity contribution in [2.75, 3.05) is 32.4 Å². The molecule has 1 aromatic carbocycles. The van der Waals surface area contributed by atoms with Gasteiger partial charge in [-0.25, -0.2) is 0 Å². The molecule has 1 heterocycles. The minimum Gasteiger partial charge on any atom is -0.345 e. The number of benzene rings is 1. The first-order valence-corrected chi connectivity index (χ1v) is 9.22. The van der Waals surface area contributed by atoms with Crippen LogP contribution in [0.3, 0.4) is 0 Å². The Morgan fingerprint density at radius 3 is 2.70 bits per heavy atom. The summed E-state index contributed by atoms with van der Waals surface area (Å²) < 4.78 is 0. The van der Waals surface area contributed by atoms with E-state index in [1.54, 1.807) is 16.7 Å². The van der Waals surface area contributed by atoms with Gasteiger partial charge < -0.3 is 9.80 Å². The van der Waals surface area contributed by atoms with Gasteiger partial charge in [0.1, 0.15) is 0 Å². The molecule has 0 aliphatic carbocycles. The fraction of sp³-hybridized carbons (Fsp3) is 0.556. The lowest BCUT2D eigenvalue weighted by Gasteiger charge is -2.33. The summed E-state index contributed by atoms with van der Waals surface area (Å²) in [5, 5.41) is 0. The Labute approximate surface area is 143 Å². The number of hydrogen-bond donors (Lipinski definition) is 0. The molecule has 23 heavy (non-hydrogen) atoms. The Hall–Kier alpha value is -1.49. The molecule has 0 bridgehead atoms. The van der Waals surface area contributed by atoms with Crippen LogP contribution in [-0.2, 0) is 9.59 Å². The molecule has 2 rings (SSSR count). The normalized spacial score (nSPS) is 18.1. The molecule has 0 saturated carbocycles. The average Bonchev–Trinajstić information content (AvgIpc) is 2.56. The second kappa shape index (κ2) is 8.39. The van der Waals surface area contributed by atoms with Gasteiger partial charge in [0.05, 0.1) is 5.92 Å². The van der Waals surface area contributed by atoms with Crippen LogP contribution in [0, 0.1) is 12.8 Å². The molecule has 0 aromatic heterocycles. The van der Waals surface area contributed by atoms with E-state index in [1.165, 1.54) is 10.5 Å². The fourth-order valence-corrected chi connectivity index (χ4v) is 3.71. The minimum absolute atomic E-state index is 0.0398. The van der Waals surface area contributed by atoms with Crippen molar-refractivity contribution in [3.05, 3.63) is 29.8 Å². The van der Waals surface area contributed by atoms with E-state index in [-0.39, 0.29) is 17.7 Å². The zero-order valence-corrected chi connectivity index (χ0v) is 15.1. The van der Waals surface area contributed by atoms with Crippen molar-refractivity contribution in [1.82, 2.24) is 9.80 Å². The largest absolute Gasteiger partial charge is 0.345 e. The first kappa shape index (κ1) is 17.9. The number of amides is 2. The quantitative estimate of drug-likeness (QED) is 0.751. The van der Waals surface area contributed by atoms with Crippen molar-refractivity contribution < 1.29 is 9.59 Å². The summed E-state index contributed by atoms with van der Waals surface area (Å²) in [5.41, 5.74) is 1.26. The van der Waals surface area contributed by atoms with Gasteiger partial charge in [-0.1, -0.05) is 17.7 Å². The summed E-state index contributed by atoms with van der Waals surface area (Å²) in [5.74, 6) is 1.19. The van der Waals surface area contributed by atoms with Crippen LogP contribution in [0.15, 0.2) is 29.2 Å². The van der Waals surface area contributed by atoms with Crippen molar-refractivity contribution in [3.63, 3.8) is 0 Å². The molecule has 0 radical (unpaired) electrons. The first-order valence-electron chi connectivity index (χ1n) is 8.23. The molecule has 1 aliphatic rings. The van der Waals surface area contributed by atoms with Gasteiger partial charge in [-0.3, -0.25) is 9.59 Å². The first-order chi connectivity index (χ1) is 11.0. The summed E-state index contributed by atoms with van der Waals surface area (Å²) >= 11 is 1.77. The standard InChI is InChI=1S/C18H26N2O2S/c1-4-20-13-15(7-10-17(20)21)18(22)19(3)11-12-23-16-8-5-14(2)6-9-16/h5-6,8-9,15H,4,7,10-13H2,1-3H3/t15-/m0/s1. The number of nitrogens with zero attached hydrogens (tertiary/aromatic N) is 2. The second-order valence-electron chi connectivity index (χ2n) is 6.09. The van der Waals surface area contributed by atoms with E-state index in [0.29, 0.717) is 25.9 Å². The van der Waals surface area contributed by atoms with E-state index in [0.717, 1.165) is 12.3 Å². The number of thioether (sulfide) groups is 1. The number of carbonyl (C=O) groups is 2. The van der Waals surface area contributed by atoms with Gasteiger partial charge >= 0.3 is 0 Å². The summed E-state index contributed by atoms with van der Waals surface area (Å²) in [6.45, 7) is 6.04. The van der Waals surface area contributed by atoms with Crippen molar-refractivity contribution in [2.24, 2.45) is 5.92 Å². The fourth-order valence-electron chi connectivity index (χ4n) is 2.78. The number of rotatable bonds is 6. The van der Waals surface area contributed by atoms with Gasteiger partial charge in [0, 0.05) is 43.8 Å². The number of piperidine rings is 1. The molecule has 1 fully saturated rings. The molecule has 0 unspecified atom stereocenters. The number of hydrogen-bond acceptors (Lipinski definition) is 3. The third-order valence-electron chi connectivity index (χ3n) is 4.32. The van der Waals surface area contributed by atoms with Gasteiger partial charge in [-0.15, -0.1) is 11.8 Å². The monoisotopic (exact) mass is 334 g/mol. The van der Waals surface area contributed by atoms with E-state index in [1.807, 2.05) is 18.9 Å². The van der Waals surface area contributed by atoms with Crippen LogP contribution < -0.4 is 0 Å². The molecule has 2 amide bonds. The minimum atomic E-state index is -0.0398. The Morgan fingerprint density at radius 2 is 2.04 bits per heavy atom. The summed E-state index contributed by atoms with van der Waals surface area (Å²) in [7, 11) is 1.87. The van der Waals surface area contributed by atoms with Gasteiger partial charge in [-0.05, 0) is 32.4 Å². The number of aryl methyl sites for hydroxylation is 1. The third kappa shape index (κ3) is 4.99. The molecule has 1 aliphatic heterocycles. The van der Waals surface area contributed by atoms with Crippen LogP contribution in [0.4, 0.5) is 0 Å². The molecule has 4 nitrogen and oxygen atoms in total. The number of carbonyl (C=O) groups excluding carboxylic acids is 2. The Kier molecular flexibility index (Phi) is 6.51. The molecule has 0 spiro atoms. The third-order valence-corrected chi connectivity index (χ3v) is 5.32. The summed E-state index contributed by atoms with van der Waals surface area (Å²) in [4.78, 5) is 29.1. The smallest absolute Gasteiger partial charge is 0.227 e. The lowest BCUT2D eigenvalue weighted by atomic mass is 9.96. The molecule has 5 heteroatoms. The second-order valence-corrected chi connectivity index (χ2v) is 7.26. The van der Waals surface area contributed by atoms with Gasteiger partial charge in [0.2, 0.25) is 11.8 Å². The van der Waals surface area contributed by atoms with Gasteiger partial charge in [-0.2, -0.15) is 0 Å². The highest BCUT2D eigenvalue weighted by Gasteiger charge is 2.30. The molecular formula is C18H26N2O2S. The Balaban J connectivity index is 1.78. The maximum absolute atomic E-state index is 12.5. The average molecular weight is 334 g/mol. The predicted molar refractivity (Wildman–Crippen MR) is 94.5 cm³/mol. The molecule has 1 saturated heterocycles. The molecule has 0 N–H and O–H groups in total. The van der Waals surface area contributed by atoms with Crippen LogP contribution in [0.2, 0.25) is 0 Å². The zero-order valence-electron chi connectivity index (χ0n) is 14.2. The van der Waals surface area contributed by atoms with E-state index in [9.17, 15) is 9.59 Å². The zero-order chi connectivity index (χ0) is 16.8. The van der Waals surface area contributed by atoms with Crippen LogP contribution in [0.5, 0.6) is 0 Å². The maximum Gasteiger partial charge on any atom is 0.227 e. The van der Waals surface area contributed by atoms with Crippen molar-refractivity contribution in [2.45, 2.75) is 31.6 Å². The lowest BCUT2D eigenvalue weighted by Crippen LogP contribution is -2.46. The summed E-state index contributed by atoms with van der Waals surface area (Å²) in [6, 6.07) is 8.45. The lowest BCUT2D eigenvalue weighted by molar-refractivity contribution is -0.141. The highest BCUT2D eigenvalue weighted by molar-refractivity contribution is 7.99. The van der Waals surface area contributed by atoms with E-state index in [2.05, 4.69) is 31.2 Å². The van der Waals surface area contributed by atoms with Crippen molar-refractivity contribution in [1.29, 1.82) is 0 Å². The number of likely N-dealkylation sites (tertiary alicyclic amines) is 1. The maximum atomic E-state index is 12.5. The Morgan fingerprint density at radius 1 is 1.35 bits per heavy atom. The summed E-state index contributed by atoms with van der Waals surface area (Å²) in [6.07, 6.45) is 1.18. The van der Waals surface area contributed by atoms with Gasteiger partial charge in [0.15, 0.2) is 0 Å². The van der Waals surface area contributed by atoms with Crippen LogP contribution in [0.1, 0.15) is 25.3 Å². The van der Waals surface area contributed by atoms with Crippen LogP contribution in [-0.4, -0.2) is 54.0 Å². The van der Waals surface area contributed by atoms with Crippen LogP contribution in [0.25, 0.3) is 0 Å². The molecular weight excluding hydrogens is 308 g/mol. The molecule has 1 atom stereocenters. The van der Waals surface area contributed by atoms with E-state index in [4.69, 9.17) is 0 Å². The highest BCUT2D eigenvalue weighted by Crippen LogP contribution is 2.21. The van der Waals surface area contributed by atoms with E-state index >= 15 is 0 Å². The SMILES string of the molecule is CCN1C[C@@H](C(=O)N(C)CCSc2ccc(C)cc2)CCC1=O. The van der Waals surface area contributed by atoms with Crippen LogP contribution >= 0.6 is 11.8 Å². The van der Waals surface area contributed by atoms with Gasteiger partial charge in [0.25, 0.3) is 0 Å². The van der Waals surface area contributed by atoms with E-state index < -0.39 is 0 Å². The predicted octanol–water partition coefficient (Wildman–Crippen LogP) is 2.80. The van der Waals surface area contributed by atoms with Crippen molar-refractivity contribution in [3.8, 4) is 0 Å².